The molecule has 0 aliphatic carbocycles. The van der Waals surface area contributed by atoms with Crippen LogP contribution in [-0.4, -0.2) is 36.3 Å². The first-order valence-electron chi connectivity index (χ1n) is 6.40. The smallest absolute Gasteiger partial charge is 0.172 e. The van der Waals surface area contributed by atoms with E-state index in [4.69, 9.17) is 15.7 Å². The lowest BCUT2D eigenvalue weighted by Gasteiger charge is -2.45. The Bertz CT molecular complexity index is 497. The molecule has 1 aliphatic rings. The van der Waals surface area contributed by atoms with E-state index >= 15 is 0 Å². The first-order chi connectivity index (χ1) is 8.97. The Morgan fingerprint density at radius 1 is 1.47 bits per heavy atom. The standard InChI is InChI=1S/C14H21N3O2/c1-10-5-4-6-11(13(15)16-18)12(10)17-7-8-19-9-14(17,2)3/h4-6,18H,7-9H2,1-3H3,(H2,15,16). The lowest BCUT2D eigenvalue weighted by Crippen LogP contribution is -2.54. The highest BCUT2D eigenvalue weighted by atomic mass is 16.5. The molecule has 0 amide bonds. The average molecular weight is 263 g/mol. The predicted molar refractivity (Wildman–Crippen MR) is 75.9 cm³/mol. The number of morpholine rings is 1. The molecule has 0 radical (unpaired) electrons. The first-order valence-corrected chi connectivity index (χ1v) is 6.40. The molecule has 0 bridgehead atoms. The van der Waals surface area contributed by atoms with E-state index < -0.39 is 0 Å². The fourth-order valence-electron chi connectivity index (χ4n) is 2.55. The second-order valence-electron chi connectivity index (χ2n) is 5.47. The number of para-hydroxylation sites is 1. The number of nitrogens with zero attached hydrogens (tertiary/aromatic N) is 2. The lowest BCUT2D eigenvalue weighted by molar-refractivity contribution is 0.0643. The van der Waals surface area contributed by atoms with Gasteiger partial charge in [0.15, 0.2) is 5.84 Å². The molecule has 104 valence electrons. The summed E-state index contributed by atoms with van der Waals surface area (Å²) in [6.07, 6.45) is 0. The topological polar surface area (TPSA) is 71.1 Å². The number of benzene rings is 1. The summed E-state index contributed by atoms with van der Waals surface area (Å²) < 4.78 is 5.55. The fraction of sp³-hybridized carbons (Fsp3) is 0.500. The third-order valence-electron chi connectivity index (χ3n) is 3.54. The molecule has 2 rings (SSSR count). The van der Waals surface area contributed by atoms with E-state index in [1.165, 1.54) is 0 Å². The summed E-state index contributed by atoms with van der Waals surface area (Å²) in [4.78, 5) is 2.28. The third kappa shape index (κ3) is 2.51. The van der Waals surface area contributed by atoms with E-state index in [0.29, 0.717) is 13.2 Å². The van der Waals surface area contributed by atoms with Crippen molar-refractivity contribution in [3.63, 3.8) is 0 Å². The zero-order valence-corrected chi connectivity index (χ0v) is 11.7. The minimum Gasteiger partial charge on any atom is -0.409 e. The van der Waals surface area contributed by atoms with Gasteiger partial charge in [-0.2, -0.15) is 0 Å². The average Bonchev–Trinajstić information content (AvgIpc) is 2.38. The summed E-state index contributed by atoms with van der Waals surface area (Å²) in [5.74, 6) is 0.140. The molecule has 1 heterocycles. The molecule has 5 nitrogen and oxygen atoms in total. The van der Waals surface area contributed by atoms with Crippen molar-refractivity contribution in [3.8, 4) is 0 Å². The molecule has 0 spiro atoms. The molecule has 0 saturated carbocycles. The quantitative estimate of drug-likeness (QED) is 0.369. The van der Waals surface area contributed by atoms with Gasteiger partial charge in [0, 0.05) is 12.1 Å². The predicted octanol–water partition coefficient (Wildman–Crippen LogP) is 1.70. The molecule has 1 aromatic rings. The van der Waals surface area contributed by atoms with Gasteiger partial charge < -0.3 is 20.6 Å². The van der Waals surface area contributed by atoms with Gasteiger partial charge in [-0.05, 0) is 32.4 Å². The highest BCUT2D eigenvalue weighted by Gasteiger charge is 2.33. The maximum atomic E-state index is 8.95. The Labute approximate surface area is 113 Å². The Kier molecular flexibility index (Phi) is 3.66. The molecule has 0 unspecified atom stereocenters. The van der Waals surface area contributed by atoms with Gasteiger partial charge in [-0.15, -0.1) is 0 Å². The molecule has 0 atom stereocenters. The Morgan fingerprint density at radius 3 is 2.84 bits per heavy atom. The van der Waals surface area contributed by atoms with Crippen LogP contribution in [0.4, 0.5) is 5.69 Å². The number of oxime groups is 1. The van der Waals surface area contributed by atoms with E-state index in [-0.39, 0.29) is 11.4 Å². The van der Waals surface area contributed by atoms with Crippen molar-refractivity contribution in [2.45, 2.75) is 26.3 Å². The third-order valence-corrected chi connectivity index (χ3v) is 3.54. The molecule has 5 heteroatoms. The van der Waals surface area contributed by atoms with Gasteiger partial charge in [-0.25, -0.2) is 0 Å². The summed E-state index contributed by atoms with van der Waals surface area (Å²) in [5.41, 5.74) is 8.58. The Balaban J connectivity index is 2.54. The minimum absolute atomic E-state index is 0.116. The largest absolute Gasteiger partial charge is 0.409 e. The van der Waals surface area contributed by atoms with Crippen molar-refractivity contribution in [3.05, 3.63) is 29.3 Å². The Hall–Kier alpha value is -1.75. The second kappa shape index (κ2) is 5.09. The fourth-order valence-corrected chi connectivity index (χ4v) is 2.55. The van der Waals surface area contributed by atoms with Gasteiger partial charge in [0.05, 0.1) is 24.4 Å². The van der Waals surface area contributed by atoms with Crippen LogP contribution in [0.15, 0.2) is 23.4 Å². The van der Waals surface area contributed by atoms with Crippen molar-refractivity contribution in [2.24, 2.45) is 10.9 Å². The number of hydrogen-bond acceptors (Lipinski definition) is 4. The van der Waals surface area contributed by atoms with E-state index in [1.54, 1.807) is 0 Å². The van der Waals surface area contributed by atoms with Crippen LogP contribution in [0.3, 0.4) is 0 Å². The van der Waals surface area contributed by atoms with Crippen LogP contribution in [0, 0.1) is 6.92 Å². The van der Waals surface area contributed by atoms with E-state index in [9.17, 15) is 0 Å². The molecular formula is C14H21N3O2. The van der Waals surface area contributed by atoms with Gasteiger partial charge in [0.1, 0.15) is 0 Å². The molecule has 1 aromatic carbocycles. The van der Waals surface area contributed by atoms with Crippen LogP contribution in [0.5, 0.6) is 0 Å². The van der Waals surface area contributed by atoms with Gasteiger partial charge >= 0.3 is 0 Å². The molecule has 19 heavy (non-hydrogen) atoms. The van der Waals surface area contributed by atoms with E-state index in [0.717, 1.165) is 23.4 Å². The highest BCUT2D eigenvalue weighted by molar-refractivity contribution is 6.03. The molecule has 1 fully saturated rings. The van der Waals surface area contributed by atoms with Gasteiger partial charge in [0.25, 0.3) is 0 Å². The van der Waals surface area contributed by atoms with Crippen LogP contribution in [-0.2, 0) is 4.74 Å². The maximum Gasteiger partial charge on any atom is 0.172 e. The Morgan fingerprint density at radius 2 is 2.21 bits per heavy atom. The first kappa shape index (κ1) is 13.7. The van der Waals surface area contributed by atoms with E-state index in [1.807, 2.05) is 25.1 Å². The van der Waals surface area contributed by atoms with E-state index in [2.05, 4.69) is 23.9 Å². The molecule has 3 N–H and O–H groups in total. The van der Waals surface area contributed by atoms with Crippen LogP contribution >= 0.6 is 0 Å². The monoisotopic (exact) mass is 263 g/mol. The highest BCUT2D eigenvalue weighted by Crippen LogP contribution is 2.32. The summed E-state index contributed by atoms with van der Waals surface area (Å²) in [7, 11) is 0. The van der Waals surface area contributed by atoms with Crippen molar-refractivity contribution in [1.29, 1.82) is 0 Å². The van der Waals surface area contributed by atoms with Crippen LogP contribution in [0.2, 0.25) is 0 Å². The zero-order valence-electron chi connectivity index (χ0n) is 11.7. The molecule has 1 saturated heterocycles. The minimum atomic E-state index is -0.116. The van der Waals surface area contributed by atoms with Gasteiger partial charge in [-0.1, -0.05) is 17.3 Å². The van der Waals surface area contributed by atoms with Gasteiger partial charge in [-0.3, -0.25) is 0 Å². The second-order valence-corrected chi connectivity index (χ2v) is 5.47. The molecule has 0 aromatic heterocycles. The van der Waals surface area contributed by atoms with Crippen LogP contribution in [0.25, 0.3) is 0 Å². The van der Waals surface area contributed by atoms with Crippen LogP contribution in [0.1, 0.15) is 25.0 Å². The maximum absolute atomic E-state index is 8.95. The molecule has 1 aliphatic heterocycles. The van der Waals surface area contributed by atoms with Crippen LogP contribution < -0.4 is 10.6 Å². The van der Waals surface area contributed by atoms with Gasteiger partial charge in [0.2, 0.25) is 0 Å². The number of amidine groups is 1. The van der Waals surface area contributed by atoms with Crippen molar-refractivity contribution in [2.75, 3.05) is 24.7 Å². The van der Waals surface area contributed by atoms with Crippen molar-refractivity contribution in [1.82, 2.24) is 0 Å². The number of hydrogen-bond donors (Lipinski definition) is 2. The SMILES string of the molecule is Cc1cccc(/C(N)=N/O)c1N1CCOCC1(C)C. The number of ether oxygens (including phenoxy) is 1. The zero-order chi connectivity index (χ0) is 14.0. The number of nitrogens with two attached hydrogens (primary N) is 1. The normalized spacial score (nSPS) is 19.5. The van der Waals surface area contributed by atoms with Crippen molar-refractivity contribution >= 4 is 11.5 Å². The number of rotatable bonds is 2. The summed E-state index contributed by atoms with van der Waals surface area (Å²) in [6, 6.07) is 5.83. The lowest BCUT2D eigenvalue weighted by atomic mass is 9.97. The summed E-state index contributed by atoms with van der Waals surface area (Å²) in [6.45, 7) is 8.45. The molecular weight excluding hydrogens is 242 g/mol. The summed E-state index contributed by atoms with van der Waals surface area (Å²) >= 11 is 0. The number of anilines is 1. The number of aryl methyl sites for hydroxylation is 1. The van der Waals surface area contributed by atoms with Crippen molar-refractivity contribution < 1.29 is 9.94 Å². The summed E-state index contributed by atoms with van der Waals surface area (Å²) in [5, 5.41) is 12.1.